The van der Waals surface area contributed by atoms with Crippen LogP contribution in [0.2, 0.25) is 0 Å². The van der Waals surface area contributed by atoms with E-state index in [4.69, 9.17) is 11.6 Å². The third kappa shape index (κ3) is 2.77. The minimum absolute atomic E-state index is 0.0707. The molecule has 0 bridgehead atoms. The minimum Gasteiger partial charge on any atom is -0.330 e. The number of allylic oxidation sites excluding steroid dienone is 4. The number of alkyl halides is 1. The highest BCUT2D eigenvalue weighted by Gasteiger charge is 2.29. The fourth-order valence-corrected chi connectivity index (χ4v) is 2.28. The van der Waals surface area contributed by atoms with Crippen LogP contribution in [0.25, 0.3) is 0 Å². The van der Waals surface area contributed by atoms with Crippen molar-refractivity contribution in [2.75, 3.05) is 0 Å². The molecule has 0 spiro atoms. The van der Waals surface area contributed by atoms with Gasteiger partial charge in [-0.3, -0.25) is 4.79 Å². The Morgan fingerprint density at radius 2 is 2.06 bits per heavy atom. The normalized spacial score (nSPS) is 23.1. The van der Waals surface area contributed by atoms with Gasteiger partial charge in [0.05, 0.1) is 4.87 Å². The predicted molar refractivity (Wildman–Crippen MR) is 69.6 cm³/mol. The highest BCUT2D eigenvalue weighted by molar-refractivity contribution is 6.25. The number of hydrogen-bond donors (Lipinski definition) is 1. The van der Waals surface area contributed by atoms with Crippen LogP contribution >= 0.6 is 11.6 Å². The molecule has 3 heteroatoms. The lowest BCUT2D eigenvalue weighted by Gasteiger charge is -2.27. The first-order chi connectivity index (χ1) is 8.10. The SMILES string of the molecule is CC(=O)NC1=CC=CC(Cl)(c2ccccc2)C1. The monoisotopic (exact) mass is 247 g/mol. The molecule has 88 valence electrons. The van der Waals surface area contributed by atoms with Gasteiger partial charge in [0.2, 0.25) is 5.91 Å². The molecule has 1 aliphatic carbocycles. The molecule has 17 heavy (non-hydrogen) atoms. The Bertz CT molecular complexity index is 478. The molecular formula is C14H14ClNO. The molecule has 1 atom stereocenters. The summed E-state index contributed by atoms with van der Waals surface area (Å²) in [6.07, 6.45) is 6.31. The van der Waals surface area contributed by atoms with Gasteiger partial charge in [-0.2, -0.15) is 0 Å². The van der Waals surface area contributed by atoms with Gasteiger partial charge in [0.15, 0.2) is 0 Å². The summed E-state index contributed by atoms with van der Waals surface area (Å²) in [5.41, 5.74) is 1.88. The Morgan fingerprint density at radius 1 is 1.35 bits per heavy atom. The Balaban J connectivity index is 2.22. The van der Waals surface area contributed by atoms with Crippen LogP contribution in [-0.4, -0.2) is 5.91 Å². The molecule has 1 N–H and O–H groups in total. The molecule has 1 aliphatic rings. The number of amides is 1. The number of hydrogen-bond acceptors (Lipinski definition) is 1. The van der Waals surface area contributed by atoms with Crippen LogP contribution in [0.5, 0.6) is 0 Å². The van der Waals surface area contributed by atoms with E-state index in [0.717, 1.165) is 11.3 Å². The fourth-order valence-electron chi connectivity index (χ4n) is 1.94. The summed E-state index contributed by atoms with van der Waals surface area (Å²) in [6, 6.07) is 9.87. The summed E-state index contributed by atoms with van der Waals surface area (Å²) >= 11 is 6.60. The Labute approximate surface area is 106 Å². The van der Waals surface area contributed by atoms with E-state index >= 15 is 0 Å². The number of carbonyl (C=O) groups is 1. The molecule has 1 aromatic carbocycles. The van der Waals surface area contributed by atoms with Gasteiger partial charge < -0.3 is 5.32 Å². The van der Waals surface area contributed by atoms with Crippen molar-refractivity contribution in [1.82, 2.24) is 5.32 Å². The first kappa shape index (κ1) is 11.9. The van der Waals surface area contributed by atoms with Gasteiger partial charge >= 0.3 is 0 Å². The van der Waals surface area contributed by atoms with Crippen molar-refractivity contribution in [2.24, 2.45) is 0 Å². The van der Waals surface area contributed by atoms with Crippen LogP contribution in [0.1, 0.15) is 18.9 Å². The molecule has 1 aromatic rings. The maximum Gasteiger partial charge on any atom is 0.220 e. The molecule has 0 heterocycles. The van der Waals surface area contributed by atoms with Crippen LogP contribution in [0.3, 0.4) is 0 Å². The van der Waals surface area contributed by atoms with Crippen molar-refractivity contribution in [3.05, 3.63) is 59.8 Å². The Kier molecular flexibility index (Phi) is 3.34. The molecule has 0 radical (unpaired) electrons. The second kappa shape index (κ2) is 4.76. The van der Waals surface area contributed by atoms with Gasteiger partial charge in [-0.05, 0) is 11.6 Å². The summed E-state index contributed by atoms with van der Waals surface area (Å²) in [6.45, 7) is 1.50. The number of rotatable bonds is 2. The van der Waals surface area contributed by atoms with Gasteiger partial charge in [0.25, 0.3) is 0 Å². The summed E-state index contributed by atoms with van der Waals surface area (Å²) in [5.74, 6) is -0.0707. The average molecular weight is 248 g/mol. The Morgan fingerprint density at radius 3 is 2.71 bits per heavy atom. The van der Waals surface area contributed by atoms with Crippen LogP contribution in [0.15, 0.2) is 54.3 Å². The van der Waals surface area contributed by atoms with Gasteiger partial charge in [-0.1, -0.05) is 42.5 Å². The average Bonchev–Trinajstić information content (AvgIpc) is 2.29. The van der Waals surface area contributed by atoms with Crippen molar-refractivity contribution in [1.29, 1.82) is 0 Å². The summed E-state index contributed by atoms with van der Waals surface area (Å²) in [7, 11) is 0. The van der Waals surface area contributed by atoms with Crippen molar-refractivity contribution in [2.45, 2.75) is 18.2 Å². The maximum atomic E-state index is 11.0. The van der Waals surface area contributed by atoms with E-state index in [9.17, 15) is 4.79 Å². The quantitative estimate of drug-likeness (QED) is 0.800. The lowest BCUT2D eigenvalue weighted by molar-refractivity contribution is -0.118. The van der Waals surface area contributed by atoms with E-state index in [0.29, 0.717) is 6.42 Å². The van der Waals surface area contributed by atoms with Crippen molar-refractivity contribution in [3.63, 3.8) is 0 Å². The van der Waals surface area contributed by atoms with Crippen molar-refractivity contribution < 1.29 is 4.79 Å². The van der Waals surface area contributed by atoms with E-state index in [1.165, 1.54) is 6.92 Å². The second-order valence-corrected chi connectivity index (χ2v) is 4.81. The molecule has 0 aromatic heterocycles. The zero-order chi connectivity index (χ0) is 12.3. The molecule has 2 rings (SSSR count). The van der Waals surface area contributed by atoms with E-state index in [1.54, 1.807) is 0 Å². The highest BCUT2D eigenvalue weighted by atomic mass is 35.5. The number of nitrogens with one attached hydrogen (secondary N) is 1. The maximum absolute atomic E-state index is 11.0. The zero-order valence-corrected chi connectivity index (χ0v) is 10.4. The van der Waals surface area contributed by atoms with Crippen molar-refractivity contribution in [3.8, 4) is 0 Å². The zero-order valence-electron chi connectivity index (χ0n) is 9.61. The van der Waals surface area contributed by atoms with Gasteiger partial charge in [-0.25, -0.2) is 0 Å². The van der Waals surface area contributed by atoms with Gasteiger partial charge in [-0.15, -0.1) is 11.6 Å². The smallest absolute Gasteiger partial charge is 0.220 e. The van der Waals surface area contributed by atoms with Crippen LogP contribution in [-0.2, 0) is 9.67 Å². The second-order valence-electron chi connectivity index (χ2n) is 4.14. The van der Waals surface area contributed by atoms with Crippen LogP contribution in [0, 0.1) is 0 Å². The van der Waals surface area contributed by atoms with Gasteiger partial charge in [0.1, 0.15) is 0 Å². The lowest BCUT2D eigenvalue weighted by Crippen LogP contribution is -2.27. The third-order valence-electron chi connectivity index (χ3n) is 2.70. The number of halogens is 1. The minimum atomic E-state index is -0.562. The number of carbonyl (C=O) groups excluding carboxylic acids is 1. The largest absolute Gasteiger partial charge is 0.330 e. The summed E-state index contributed by atoms with van der Waals surface area (Å²) in [4.78, 5) is 10.5. The summed E-state index contributed by atoms with van der Waals surface area (Å²) in [5, 5.41) is 2.79. The van der Waals surface area contributed by atoms with E-state index < -0.39 is 4.87 Å². The molecule has 0 saturated heterocycles. The molecule has 1 unspecified atom stereocenters. The molecular weight excluding hydrogens is 234 g/mol. The molecule has 0 aliphatic heterocycles. The van der Waals surface area contributed by atoms with Crippen LogP contribution < -0.4 is 5.32 Å². The Hall–Kier alpha value is -1.54. The first-order valence-corrected chi connectivity index (χ1v) is 5.88. The standard InChI is InChI=1S/C14H14ClNO/c1-11(17)16-13-8-5-9-14(15,10-13)12-6-3-2-4-7-12/h2-9H,10H2,1H3,(H,16,17). The highest BCUT2D eigenvalue weighted by Crippen LogP contribution is 2.38. The summed E-state index contributed by atoms with van der Waals surface area (Å²) < 4.78 is 0. The van der Waals surface area contributed by atoms with Gasteiger partial charge in [0, 0.05) is 19.0 Å². The first-order valence-electron chi connectivity index (χ1n) is 5.50. The molecule has 1 amide bonds. The van der Waals surface area contributed by atoms with E-state index in [-0.39, 0.29) is 5.91 Å². The third-order valence-corrected chi connectivity index (χ3v) is 3.17. The topological polar surface area (TPSA) is 29.1 Å². The fraction of sp³-hybridized carbons (Fsp3) is 0.214. The van der Waals surface area contributed by atoms with E-state index in [2.05, 4.69) is 5.32 Å². The molecule has 0 saturated carbocycles. The van der Waals surface area contributed by atoms with E-state index in [1.807, 2.05) is 48.6 Å². The lowest BCUT2D eigenvalue weighted by atomic mass is 9.90. The number of benzene rings is 1. The molecule has 2 nitrogen and oxygen atoms in total. The predicted octanol–water partition coefficient (Wildman–Crippen LogP) is 3.10. The van der Waals surface area contributed by atoms with Crippen LogP contribution in [0.4, 0.5) is 0 Å². The van der Waals surface area contributed by atoms with Crippen molar-refractivity contribution >= 4 is 17.5 Å². The molecule has 0 fully saturated rings.